The number of hydrogen-bond acceptors (Lipinski definition) is 3. The van der Waals surface area contributed by atoms with E-state index < -0.39 is 6.10 Å². The van der Waals surface area contributed by atoms with E-state index in [2.05, 4.69) is 0 Å². The molecule has 0 aliphatic carbocycles. The number of aliphatic hydroxyl groups is 2. The first-order valence-electron chi connectivity index (χ1n) is 4.82. The van der Waals surface area contributed by atoms with Gasteiger partial charge in [-0.3, -0.25) is 0 Å². The average Bonchev–Trinajstić information content (AvgIpc) is 2.28. The van der Waals surface area contributed by atoms with E-state index in [-0.39, 0.29) is 30.1 Å². The molecule has 3 nitrogen and oxygen atoms in total. The van der Waals surface area contributed by atoms with Crippen LogP contribution < -0.4 is 0 Å². The van der Waals surface area contributed by atoms with E-state index in [0.717, 1.165) is 0 Å². The lowest BCUT2D eigenvalue weighted by molar-refractivity contribution is -0.0630. The van der Waals surface area contributed by atoms with Gasteiger partial charge in [-0.15, -0.1) is 0 Å². The minimum absolute atomic E-state index is 0.00912. The summed E-state index contributed by atoms with van der Waals surface area (Å²) in [4.78, 5) is 0. The number of hydrogen-bond donors (Lipinski definition) is 2. The molecular weight excluding hydrogens is 168 g/mol. The molecule has 1 saturated heterocycles. The lowest BCUT2D eigenvalue weighted by Gasteiger charge is -2.29. The van der Waals surface area contributed by atoms with Gasteiger partial charge in [0.25, 0.3) is 0 Å². The van der Waals surface area contributed by atoms with Gasteiger partial charge in [-0.25, -0.2) is 0 Å². The Balaban J connectivity index is 2.71. The van der Waals surface area contributed by atoms with Gasteiger partial charge in [0.05, 0.1) is 24.9 Å². The maximum absolute atomic E-state index is 9.86. The van der Waals surface area contributed by atoms with Crippen LogP contribution in [0.3, 0.4) is 0 Å². The van der Waals surface area contributed by atoms with E-state index in [0.29, 0.717) is 0 Å². The first-order chi connectivity index (χ1) is 5.88. The smallest absolute Gasteiger partial charge is 0.0890 e. The highest BCUT2D eigenvalue weighted by Crippen LogP contribution is 2.36. The zero-order valence-corrected chi connectivity index (χ0v) is 8.82. The Morgan fingerprint density at radius 2 is 1.85 bits per heavy atom. The summed E-state index contributed by atoms with van der Waals surface area (Å²) in [6.45, 7) is 8.01. The molecule has 2 N–H and O–H groups in total. The molecule has 0 bridgehead atoms. The lowest BCUT2D eigenvalue weighted by Crippen LogP contribution is -2.36. The average molecular weight is 188 g/mol. The van der Waals surface area contributed by atoms with Crippen LogP contribution in [0, 0.1) is 11.3 Å². The van der Waals surface area contributed by atoms with Gasteiger partial charge in [0.2, 0.25) is 0 Å². The van der Waals surface area contributed by atoms with Crippen LogP contribution in [-0.4, -0.2) is 35.1 Å². The zero-order chi connectivity index (χ0) is 10.2. The maximum Gasteiger partial charge on any atom is 0.0890 e. The highest BCUT2D eigenvalue weighted by atomic mass is 16.5. The van der Waals surface area contributed by atoms with Crippen LogP contribution in [0.5, 0.6) is 0 Å². The fraction of sp³-hybridized carbons (Fsp3) is 1.00. The summed E-state index contributed by atoms with van der Waals surface area (Å²) in [5, 5.41) is 18.9. The monoisotopic (exact) mass is 188 g/mol. The van der Waals surface area contributed by atoms with Crippen molar-refractivity contribution in [2.24, 2.45) is 11.3 Å². The maximum atomic E-state index is 9.86. The van der Waals surface area contributed by atoms with E-state index in [1.54, 1.807) is 0 Å². The van der Waals surface area contributed by atoms with E-state index in [4.69, 9.17) is 9.84 Å². The molecule has 1 heterocycles. The van der Waals surface area contributed by atoms with Crippen LogP contribution in [0.25, 0.3) is 0 Å². The molecule has 1 aliphatic rings. The molecule has 4 unspecified atom stereocenters. The van der Waals surface area contributed by atoms with Crippen molar-refractivity contribution in [1.29, 1.82) is 0 Å². The molecule has 0 saturated carbocycles. The van der Waals surface area contributed by atoms with Crippen LogP contribution in [0.2, 0.25) is 0 Å². The largest absolute Gasteiger partial charge is 0.394 e. The van der Waals surface area contributed by atoms with Gasteiger partial charge in [0.1, 0.15) is 0 Å². The predicted molar refractivity (Wildman–Crippen MR) is 50.4 cm³/mol. The van der Waals surface area contributed by atoms with Gasteiger partial charge in [0.15, 0.2) is 0 Å². The standard InChI is InChI=1S/C10H20O3/c1-6-7(5-11)13-9(8(6)12)10(2,3)4/h6-9,11-12H,5H2,1-4H3. The second kappa shape index (κ2) is 3.56. The number of rotatable bonds is 1. The van der Waals surface area contributed by atoms with E-state index in [9.17, 15) is 5.11 Å². The Hall–Kier alpha value is -0.120. The normalized spacial score (nSPS) is 41.1. The van der Waals surface area contributed by atoms with Gasteiger partial charge in [-0.1, -0.05) is 27.7 Å². The summed E-state index contributed by atoms with van der Waals surface area (Å²) in [6, 6.07) is 0. The van der Waals surface area contributed by atoms with Gasteiger partial charge in [0, 0.05) is 5.92 Å². The first kappa shape index (κ1) is 11.0. The fourth-order valence-electron chi connectivity index (χ4n) is 1.81. The zero-order valence-electron chi connectivity index (χ0n) is 8.82. The molecule has 13 heavy (non-hydrogen) atoms. The molecule has 1 aliphatic heterocycles. The molecule has 1 rings (SSSR count). The van der Waals surface area contributed by atoms with E-state index >= 15 is 0 Å². The van der Waals surface area contributed by atoms with Crippen molar-refractivity contribution in [3.63, 3.8) is 0 Å². The van der Waals surface area contributed by atoms with Crippen LogP contribution in [0.15, 0.2) is 0 Å². The fourth-order valence-corrected chi connectivity index (χ4v) is 1.81. The third-order valence-electron chi connectivity index (χ3n) is 2.79. The highest BCUT2D eigenvalue weighted by molar-refractivity contribution is 4.93. The minimum atomic E-state index is -0.461. The van der Waals surface area contributed by atoms with Gasteiger partial charge >= 0.3 is 0 Å². The molecule has 0 spiro atoms. The Labute approximate surface area is 79.7 Å². The topological polar surface area (TPSA) is 49.7 Å². The summed E-state index contributed by atoms with van der Waals surface area (Å²) in [6.07, 6.45) is -0.837. The quantitative estimate of drug-likeness (QED) is 0.639. The molecule has 0 aromatic carbocycles. The Bertz CT molecular complexity index is 173. The molecule has 0 aromatic rings. The predicted octanol–water partition coefficient (Wildman–Crippen LogP) is 0.789. The third kappa shape index (κ3) is 2.03. The molecule has 0 amide bonds. The SMILES string of the molecule is CC1C(CO)OC(C(C)(C)C)C1O. The number of aliphatic hydroxyl groups excluding tert-OH is 2. The Morgan fingerprint density at radius 3 is 2.08 bits per heavy atom. The summed E-state index contributed by atoms with van der Waals surface area (Å²) in [7, 11) is 0. The van der Waals surface area contributed by atoms with Crippen molar-refractivity contribution in [3.8, 4) is 0 Å². The van der Waals surface area contributed by atoms with Crippen molar-refractivity contribution in [1.82, 2.24) is 0 Å². The van der Waals surface area contributed by atoms with Crippen LogP contribution in [0.4, 0.5) is 0 Å². The molecule has 3 heteroatoms. The van der Waals surface area contributed by atoms with Crippen molar-refractivity contribution >= 4 is 0 Å². The summed E-state index contributed by atoms with van der Waals surface area (Å²) < 4.78 is 5.60. The lowest BCUT2D eigenvalue weighted by atomic mass is 9.83. The summed E-state index contributed by atoms with van der Waals surface area (Å²) in [5.74, 6) is 0.0224. The van der Waals surface area contributed by atoms with E-state index in [1.807, 2.05) is 27.7 Å². The second-order valence-electron chi connectivity index (χ2n) is 4.99. The van der Waals surface area contributed by atoms with Crippen molar-refractivity contribution in [3.05, 3.63) is 0 Å². The van der Waals surface area contributed by atoms with E-state index in [1.165, 1.54) is 0 Å². The minimum Gasteiger partial charge on any atom is -0.394 e. The molecule has 4 atom stereocenters. The van der Waals surface area contributed by atoms with Gasteiger partial charge in [-0.2, -0.15) is 0 Å². The highest BCUT2D eigenvalue weighted by Gasteiger charge is 2.45. The molecule has 78 valence electrons. The van der Waals surface area contributed by atoms with Crippen molar-refractivity contribution < 1.29 is 14.9 Å². The van der Waals surface area contributed by atoms with Crippen molar-refractivity contribution in [2.75, 3.05) is 6.61 Å². The van der Waals surface area contributed by atoms with Gasteiger partial charge < -0.3 is 14.9 Å². The second-order valence-corrected chi connectivity index (χ2v) is 4.99. The summed E-state index contributed by atoms with van der Waals surface area (Å²) in [5.41, 5.74) is -0.0718. The molecular formula is C10H20O3. The Kier molecular flexibility index (Phi) is 3.00. The van der Waals surface area contributed by atoms with Crippen molar-refractivity contribution in [2.45, 2.75) is 46.0 Å². The third-order valence-corrected chi connectivity index (χ3v) is 2.79. The van der Waals surface area contributed by atoms with Crippen LogP contribution in [0.1, 0.15) is 27.7 Å². The van der Waals surface area contributed by atoms with Crippen LogP contribution >= 0.6 is 0 Å². The number of ether oxygens (including phenoxy) is 1. The molecule has 1 fully saturated rings. The Morgan fingerprint density at radius 1 is 1.31 bits per heavy atom. The van der Waals surface area contributed by atoms with Crippen LogP contribution in [-0.2, 0) is 4.74 Å². The summed E-state index contributed by atoms with van der Waals surface area (Å²) >= 11 is 0. The molecule has 0 aromatic heterocycles. The molecule has 0 radical (unpaired) electrons. The van der Waals surface area contributed by atoms with Gasteiger partial charge in [-0.05, 0) is 5.41 Å². The first-order valence-corrected chi connectivity index (χ1v) is 4.82.